The Morgan fingerprint density at radius 1 is 1.04 bits per heavy atom. The number of benzene rings is 2. The third-order valence-electron chi connectivity index (χ3n) is 4.15. The van der Waals surface area contributed by atoms with Gasteiger partial charge in [-0.2, -0.15) is 0 Å². The third-order valence-corrected chi connectivity index (χ3v) is 4.15. The third kappa shape index (κ3) is 2.99. The summed E-state index contributed by atoms with van der Waals surface area (Å²) < 4.78 is 29.7. The van der Waals surface area contributed by atoms with E-state index in [1.54, 1.807) is 29.1 Å². The number of hydrogen-bond acceptors (Lipinski definition) is 4. The first kappa shape index (κ1) is 16.1. The van der Waals surface area contributed by atoms with E-state index in [-0.39, 0.29) is 11.6 Å². The maximum atomic E-state index is 14.5. The summed E-state index contributed by atoms with van der Waals surface area (Å²) in [7, 11) is 0. The number of aromatic nitrogens is 4. The minimum atomic E-state index is -0.360. The fourth-order valence-electron chi connectivity index (χ4n) is 2.84. The lowest BCUT2D eigenvalue weighted by Crippen LogP contribution is -2.05. The van der Waals surface area contributed by atoms with Crippen molar-refractivity contribution in [3.05, 3.63) is 78.1 Å². The van der Waals surface area contributed by atoms with Gasteiger partial charge in [0.05, 0.1) is 11.2 Å². The maximum Gasteiger partial charge on any atom is 0.147 e. The van der Waals surface area contributed by atoms with Gasteiger partial charge in [-0.05, 0) is 42.8 Å². The molecule has 4 rings (SSSR count). The molecule has 0 saturated heterocycles. The van der Waals surface area contributed by atoms with Crippen LogP contribution in [0.2, 0.25) is 0 Å². The zero-order valence-electron chi connectivity index (χ0n) is 13.9. The van der Waals surface area contributed by atoms with E-state index in [4.69, 9.17) is 0 Å². The molecule has 0 spiro atoms. The lowest BCUT2D eigenvalue weighted by Gasteiger charge is -2.11. The summed E-state index contributed by atoms with van der Waals surface area (Å²) in [6.07, 6.45) is 4.75. The van der Waals surface area contributed by atoms with Crippen molar-refractivity contribution in [3.63, 3.8) is 0 Å². The number of anilines is 1. The van der Waals surface area contributed by atoms with Crippen LogP contribution >= 0.6 is 0 Å². The summed E-state index contributed by atoms with van der Waals surface area (Å²) in [5.41, 5.74) is 1.83. The molecule has 2 aromatic carbocycles. The highest BCUT2D eigenvalue weighted by molar-refractivity contribution is 5.88. The van der Waals surface area contributed by atoms with E-state index in [2.05, 4.69) is 20.3 Å². The molecule has 2 heterocycles. The topological polar surface area (TPSA) is 55.6 Å². The Bertz CT molecular complexity index is 1090. The fourth-order valence-corrected chi connectivity index (χ4v) is 2.84. The smallest absolute Gasteiger partial charge is 0.147 e. The summed E-state index contributed by atoms with van der Waals surface area (Å²) in [4.78, 5) is 12.4. The van der Waals surface area contributed by atoms with Gasteiger partial charge in [0.2, 0.25) is 0 Å². The highest BCUT2D eigenvalue weighted by Crippen LogP contribution is 2.22. The summed E-state index contributed by atoms with van der Waals surface area (Å²) in [6, 6.07) is 9.33. The molecule has 26 heavy (non-hydrogen) atoms. The van der Waals surface area contributed by atoms with Gasteiger partial charge in [-0.15, -0.1) is 0 Å². The summed E-state index contributed by atoms with van der Waals surface area (Å²) in [5, 5.41) is 3.70. The molecule has 0 bridgehead atoms. The molecular weight excluding hydrogens is 336 g/mol. The fraction of sp³-hybridized carbons (Fsp3) is 0.105. The number of aryl methyl sites for hydroxylation is 1. The van der Waals surface area contributed by atoms with Gasteiger partial charge in [-0.3, -0.25) is 0 Å². The molecule has 0 amide bonds. The van der Waals surface area contributed by atoms with Crippen LogP contribution in [0.1, 0.15) is 11.4 Å². The average Bonchev–Trinajstić information content (AvgIpc) is 3.06. The second-order valence-electron chi connectivity index (χ2n) is 5.87. The standard InChI is InChI=1S/C19H15F2N5/c1-12-22-6-7-26(12)18-5-2-13(8-16(18)21)10-23-19-15-9-14(20)3-4-17(15)24-11-25-19/h2-9,11H,10H2,1H3,(H,23,24,25). The minimum absolute atomic E-state index is 0.344. The Kier molecular flexibility index (Phi) is 4.04. The first-order valence-corrected chi connectivity index (χ1v) is 8.05. The van der Waals surface area contributed by atoms with E-state index in [9.17, 15) is 8.78 Å². The van der Waals surface area contributed by atoms with E-state index < -0.39 is 0 Å². The zero-order chi connectivity index (χ0) is 18.1. The van der Waals surface area contributed by atoms with Crippen molar-refractivity contribution < 1.29 is 8.78 Å². The van der Waals surface area contributed by atoms with Gasteiger partial charge in [-0.1, -0.05) is 6.07 Å². The summed E-state index contributed by atoms with van der Waals surface area (Å²) in [6.45, 7) is 2.16. The molecule has 130 valence electrons. The number of nitrogens with one attached hydrogen (secondary N) is 1. The first-order chi connectivity index (χ1) is 12.6. The molecule has 0 radical (unpaired) electrons. The number of nitrogens with zero attached hydrogens (tertiary/aromatic N) is 4. The predicted octanol–water partition coefficient (Wildman–Crippen LogP) is 4.01. The van der Waals surface area contributed by atoms with Gasteiger partial charge in [0.1, 0.15) is 29.6 Å². The van der Waals surface area contributed by atoms with Crippen LogP contribution < -0.4 is 5.32 Å². The van der Waals surface area contributed by atoms with Crippen LogP contribution in [0.15, 0.2) is 55.1 Å². The summed E-state index contributed by atoms with van der Waals surface area (Å²) in [5.74, 6) is 0.513. The van der Waals surface area contributed by atoms with Crippen LogP contribution in [0.25, 0.3) is 16.6 Å². The molecule has 0 aliphatic carbocycles. The zero-order valence-corrected chi connectivity index (χ0v) is 13.9. The van der Waals surface area contributed by atoms with E-state index in [0.717, 1.165) is 5.56 Å². The number of halogens is 2. The Hall–Kier alpha value is -3.35. The van der Waals surface area contributed by atoms with Crippen LogP contribution in [-0.2, 0) is 6.54 Å². The lowest BCUT2D eigenvalue weighted by molar-refractivity contribution is 0.614. The number of imidazole rings is 1. The Balaban J connectivity index is 1.58. The Morgan fingerprint density at radius 2 is 1.92 bits per heavy atom. The number of hydrogen-bond donors (Lipinski definition) is 1. The van der Waals surface area contributed by atoms with Crippen molar-refractivity contribution in [2.24, 2.45) is 0 Å². The van der Waals surface area contributed by atoms with E-state index in [1.165, 1.54) is 24.5 Å². The highest BCUT2D eigenvalue weighted by Gasteiger charge is 2.09. The van der Waals surface area contributed by atoms with Crippen molar-refractivity contribution in [3.8, 4) is 5.69 Å². The van der Waals surface area contributed by atoms with Crippen LogP contribution in [0.5, 0.6) is 0 Å². The Morgan fingerprint density at radius 3 is 2.69 bits per heavy atom. The van der Waals surface area contributed by atoms with Crippen LogP contribution in [0, 0.1) is 18.6 Å². The van der Waals surface area contributed by atoms with Gasteiger partial charge < -0.3 is 9.88 Å². The molecule has 0 saturated carbocycles. The van der Waals surface area contributed by atoms with Gasteiger partial charge in [0.25, 0.3) is 0 Å². The molecule has 0 aliphatic rings. The average molecular weight is 351 g/mol. The van der Waals surface area contributed by atoms with Gasteiger partial charge in [-0.25, -0.2) is 23.7 Å². The second kappa shape index (κ2) is 6.51. The first-order valence-electron chi connectivity index (χ1n) is 8.05. The molecule has 0 aliphatic heterocycles. The van der Waals surface area contributed by atoms with Crippen molar-refractivity contribution in [1.29, 1.82) is 0 Å². The SMILES string of the molecule is Cc1nccn1-c1ccc(CNc2ncnc3ccc(F)cc23)cc1F. The summed E-state index contributed by atoms with van der Waals surface area (Å²) >= 11 is 0. The van der Waals surface area contributed by atoms with Crippen molar-refractivity contribution in [2.45, 2.75) is 13.5 Å². The molecule has 0 atom stereocenters. The highest BCUT2D eigenvalue weighted by atomic mass is 19.1. The largest absolute Gasteiger partial charge is 0.365 e. The van der Waals surface area contributed by atoms with E-state index in [1.807, 2.05) is 13.0 Å². The number of rotatable bonds is 4. The van der Waals surface area contributed by atoms with Crippen LogP contribution in [0.3, 0.4) is 0 Å². The van der Waals surface area contributed by atoms with Gasteiger partial charge in [0, 0.05) is 24.3 Å². The molecule has 0 fully saturated rings. The van der Waals surface area contributed by atoms with Crippen LogP contribution in [0.4, 0.5) is 14.6 Å². The molecule has 7 heteroatoms. The molecule has 4 aromatic rings. The normalized spacial score (nSPS) is 11.0. The minimum Gasteiger partial charge on any atom is -0.365 e. The van der Waals surface area contributed by atoms with Gasteiger partial charge >= 0.3 is 0 Å². The lowest BCUT2D eigenvalue weighted by atomic mass is 10.2. The maximum absolute atomic E-state index is 14.5. The molecule has 2 aromatic heterocycles. The number of fused-ring (bicyclic) bond motifs is 1. The predicted molar refractivity (Wildman–Crippen MR) is 95.1 cm³/mol. The molecule has 5 nitrogen and oxygen atoms in total. The van der Waals surface area contributed by atoms with Crippen molar-refractivity contribution in [1.82, 2.24) is 19.5 Å². The Labute approximate surface area is 148 Å². The molecular formula is C19H15F2N5. The monoisotopic (exact) mass is 351 g/mol. The van der Waals surface area contributed by atoms with Crippen molar-refractivity contribution >= 4 is 16.7 Å². The van der Waals surface area contributed by atoms with Gasteiger partial charge in [0.15, 0.2) is 0 Å². The second-order valence-corrected chi connectivity index (χ2v) is 5.87. The quantitative estimate of drug-likeness (QED) is 0.603. The molecule has 0 unspecified atom stereocenters. The molecule has 1 N–H and O–H groups in total. The van der Waals surface area contributed by atoms with Crippen LogP contribution in [-0.4, -0.2) is 19.5 Å². The van der Waals surface area contributed by atoms with E-state index >= 15 is 0 Å². The van der Waals surface area contributed by atoms with Crippen molar-refractivity contribution in [2.75, 3.05) is 5.32 Å². The van der Waals surface area contributed by atoms with E-state index in [0.29, 0.717) is 34.8 Å².